The van der Waals surface area contributed by atoms with Gasteiger partial charge in [0.1, 0.15) is 11.6 Å². The highest BCUT2D eigenvalue weighted by Gasteiger charge is 2.00. The average molecular weight is 226 g/mol. The number of hydrazine groups is 1. The van der Waals surface area contributed by atoms with Crippen LogP contribution in [0.2, 0.25) is 0 Å². The van der Waals surface area contributed by atoms with Crippen LogP contribution in [0.1, 0.15) is 5.56 Å². The second kappa shape index (κ2) is 4.96. The molecule has 0 amide bonds. The molecule has 0 bridgehead atoms. The molecule has 2 aromatic rings. The number of nitrogens with zero attached hydrogens (tertiary/aromatic N) is 2. The van der Waals surface area contributed by atoms with Gasteiger partial charge in [-0.2, -0.15) is 10.2 Å². The lowest BCUT2D eigenvalue weighted by Crippen LogP contribution is -2.08. The lowest BCUT2D eigenvalue weighted by molar-refractivity contribution is 0.463. The quantitative estimate of drug-likeness (QED) is 0.618. The van der Waals surface area contributed by atoms with E-state index in [0.717, 1.165) is 0 Å². The number of aromatic nitrogens is 1. The zero-order valence-electron chi connectivity index (χ0n) is 8.92. The summed E-state index contributed by atoms with van der Waals surface area (Å²) in [4.78, 5) is 4.10. The predicted molar refractivity (Wildman–Crippen MR) is 63.3 cm³/mol. The molecule has 3 N–H and O–H groups in total. The van der Waals surface area contributed by atoms with Crippen molar-refractivity contribution in [3.05, 3.63) is 48.0 Å². The van der Waals surface area contributed by atoms with Crippen molar-refractivity contribution in [1.29, 1.82) is 5.26 Å². The third-order valence-electron chi connectivity index (χ3n) is 2.06. The van der Waals surface area contributed by atoms with Gasteiger partial charge in [0.25, 0.3) is 0 Å². The fourth-order valence-electron chi connectivity index (χ4n) is 1.30. The van der Waals surface area contributed by atoms with Crippen LogP contribution in [0.3, 0.4) is 0 Å². The molecule has 1 heterocycles. The number of anilines is 1. The van der Waals surface area contributed by atoms with Gasteiger partial charge in [-0.05, 0) is 24.3 Å². The van der Waals surface area contributed by atoms with Crippen molar-refractivity contribution in [3.63, 3.8) is 0 Å². The van der Waals surface area contributed by atoms with Gasteiger partial charge < -0.3 is 10.2 Å². The molecule has 0 fully saturated rings. The van der Waals surface area contributed by atoms with E-state index in [-0.39, 0.29) is 0 Å². The number of nitrogen functional groups attached to an aromatic ring is 1. The summed E-state index contributed by atoms with van der Waals surface area (Å²) in [5.41, 5.74) is 2.97. The first-order chi connectivity index (χ1) is 8.31. The molecule has 0 saturated heterocycles. The van der Waals surface area contributed by atoms with Crippen molar-refractivity contribution in [2.24, 2.45) is 5.84 Å². The van der Waals surface area contributed by atoms with E-state index in [0.29, 0.717) is 23.0 Å². The van der Waals surface area contributed by atoms with Gasteiger partial charge in [-0.3, -0.25) is 0 Å². The van der Waals surface area contributed by atoms with Gasteiger partial charge in [0.2, 0.25) is 5.88 Å². The third-order valence-corrected chi connectivity index (χ3v) is 2.06. The first-order valence-electron chi connectivity index (χ1n) is 4.93. The lowest BCUT2D eigenvalue weighted by Gasteiger charge is -2.06. The van der Waals surface area contributed by atoms with E-state index >= 15 is 0 Å². The molecule has 5 heteroatoms. The summed E-state index contributed by atoms with van der Waals surface area (Å²) in [6.45, 7) is 0. The van der Waals surface area contributed by atoms with Crippen molar-refractivity contribution >= 4 is 5.82 Å². The number of nitrogens with two attached hydrogens (primary N) is 1. The van der Waals surface area contributed by atoms with Crippen LogP contribution >= 0.6 is 0 Å². The maximum absolute atomic E-state index is 8.76. The molecule has 1 aromatic carbocycles. The Hall–Kier alpha value is -2.58. The summed E-state index contributed by atoms with van der Waals surface area (Å²) in [6, 6.07) is 14.1. The topological polar surface area (TPSA) is 84.0 Å². The Bertz CT molecular complexity index is 562. The predicted octanol–water partition coefficient (Wildman–Crippen LogP) is 2.03. The Morgan fingerprint density at radius 1 is 1.24 bits per heavy atom. The third kappa shape index (κ3) is 2.71. The highest BCUT2D eigenvalue weighted by Crippen LogP contribution is 2.21. The SMILES string of the molecule is N#Cc1cccc(Oc2cccc(NN)n2)c1. The second-order valence-corrected chi connectivity index (χ2v) is 3.25. The van der Waals surface area contributed by atoms with Crippen LogP contribution < -0.4 is 16.0 Å². The minimum atomic E-state index is 0.413. The minimum absolute atomic E-state index is 0.413. The highest BCUT2D eigenvalue weighted by atomic mass is 16.5. The normalized spacial score (nSPS) is 9.41. The summed E-state index contributed by atoms with van der Waals surface area (Å²) in [5.74, 6) is 6.73. The highest BCUT2D eigenvalue weighted by molar-refractivity contribution is 5.40. The molecule has 0 aliphatic rings. The van der Waals surface area contributed by atoms with Crippen LogP contribution in [0.25, 0.3) is 0 Å². The molecule has 17 heavy (non-hydrogen) atoms. The van der Waals surface area contributed by atoms with Crippen molar-refractivity contribution in [3.8, 4) is 17.7 Å². The molecule has 1 aromatic heterocycles. The maximum Gasteiger partial charge on any atom is 0.221 e. The minimum Gasteiger partial charge on any atom is -0.439 e. The van der Waals surface area contributed by atoms with Crippen molar-refractivity contribution in [1.82, 2.24) is 4.98 Å². The van der Waals surface area contributed by atoms with E-state index in [1.807, 2.05) is 6.07 Å². The molecule has 0 aliphatic carbocycles. The fourth-order valence-corrected chi connectivity index (χ4v) is 1.30. The first-order valence-corrected chi connectivity index (χ1v) is 4.93. The second-order valence-electron chi connectivity index (χ2n) is 3.25. The van der Waals surface area contributed by atoms with Crippen LogP contribution in [0.15, 0.2) is 42.5 Å². The Labute approximate surface area is 98.4 Å². The van der Waals surface area contributed by atoms with Crippen LogP contribution in [0, 0.1) is 11.3 Å². The number of rotatable bonds is 3. The van der Waals surface area contributed by atoms with Crippen molar-refractivity contribution < 1.29 is 4.74 Å². The van der Waals surface area contributed by atoms with E-state index in [9.17, 15) is 0 Å². The summed E-state index contributed by atoms with van der Waals surface area (Å²) in [6.07, 6.45) is 0. The Morgan fingerprint density at radius 2 is 2.06 bits per heavy atom. The Balaban J connectivity index is 2.22. The molecule has 0 aliphatic heterocycles. The summed E-state index contributed by atoms with van der Waals surface area (Å²) in [5, 5.41) is 8.76. The van der Waals surface area contributed by atoms with Crippen LogP contribution in [-0.4, -0.2) is 4.98 Å². The van der Waals surface area contributed by atoms with Crippen LogP contribution in [0.5, 0.6) is 11.6 Å². The van der Waals surface area contributed by atoms with E-state index in [2.05, 4.69) is 10.4 Å². The molecule has 5 nitrogen and oxygen atoms in total. The van der Waals surface area contributed by atoms with E-state index < -0.39 is 0 Å². The monoisotopic (exact) mass is 226 g/mol. The van der Waals surface area contributed by atoms with E-state index in [4.69, 9.17) is 15.8 Å². The standard InChI is InChI=1S/C12H10N4O/c13-8-9-3-1-4-10(7-9)17-12-6-2-5-11(15-12)16-14/h1-7H,14H2,(H,15,16). The van der Waals surface area contributed by atoms with Crippen LogP contribution in [-0.2, 0) is 0 Å². The van der Waals surface area contributed by atoms with Gasteiger partial charge in [-0.1, -0.05) is 12.1 Å². The maximum atomic E-state index is 8.76. The van der Waals surface area contributed by atoms with Crippen molar-refractivity contribution in [2.75, 3.05) is 5.43 Å². The van der Waals surface area contributed by atoms with Gasteiger partial charge in [0.05, 0.1) is 11.6 Å². The number of hydrogen-bond acceptors (Lipinski definition) is 5. The summed E-state index contributed by atoms with van der Waals surface area (Å²) in [7, 11) is 0. The molecular formula is C12H10N4O. The van der Waals surface area contributed by atoms with Crippen LogP contribution in [0.4, 0.5) is 5.82 Å². The zero-order chi connectivity index (χ0) is 12.1. The fraction of sp³-hybridized carbons (Fsp3) is 0. The number of benzene rings is 1. The largest absolute Gasteiger partial charge is 0.439 e. The van der Waals surface area contributed by atoms with Gasteiger partial charge in [0.15, 0.2) is 0 Å². The molecule has 2 rings (SSSR count). The molecule has 0 spiro atoms. The number of hydrogen-bond donors (Lipinski definition) is 2. The number of ether oxygens (including phenoxy) is 1. The molecule has 0 atom stereocenters. The number of nitriles is 1. The van der Waals surface area contributed by atoms with Gasteiger partial charge in [-0.15, -0.1) is 0 Å². The first kappa shape index (κ1) is 10.9. The van der Waals surface area contributed by atoms with Gasteiger partial charge in [-0.25, -0.2) is 5.84 Å². The number of pyridine rings is 1. The smallest absolute Gasteiger partial charge is 0.221 e. The molecule has 0 radical (unpaired) electrons. The Morgan fingerprint density at radius 3 is 2.82 bits per heavy atom. The van der Waals surface area contributed by atoms with E-state index in [1.165, 1.54) is 0 Å². The van der Waals surface area contributed by atoms with E-state index in [1.54, 1.807) is 42.5 Å². The molecule has 0 saturated carbocycles. The summed E-state index contributed by atoms with van der Waals surface area (Å²) < 4.78 is 5.51. The zero-order valence-corrected chi connectivity index (χ0v) is 8.92. The average Bonchev–Trinajstić information content (AvgIpc) is 2.39. The number of nitrogens with one attached hydrogen (secondary N) is 1. The molecule has 84 valence electrons. The summed E-state index contributed by atoms with van der Waals surface area (Å²) >= 11 is 0. The molecule has 0 unspecified atom stereocenters. The van der Waals surface area contributed by atoms with Gasteiger partial charge >= 0.3 is 0 Å². The van der Waals surface area contributed by atoms with Crippen molar-refractivity contribution in [2.45, 2.75) is 0 Å². The molecular weight excluding hydrogens is 216 g/mol. The lowest BCUT2D eigenvalue weighted by atomic mass is 10.2. The Kier molecular flexibility index (Phi) is 3.19. The van der Waals surface area contributed by atoms with Gasteiger partial charge in [0, 0.05) is 6.07 Å².